The van der Waals surface area contributed by atoms with Crippen molar-refractivity contribution in [1.29, 1.82) is 0 Å². The minimum absolute atomic E-state index is 0.240. The van der Waals surface area contributed by atoms with Gasteiger partial charge in [-0.1, -0.05) is 48.5 Å². The summed E-state index contributed by atoms with van der Waals surface area (Å²) in [5, 5.41) is 10.2. The molecule has 0 aliphatic carbocycles. The maximum atomic E-state index is 11.7. The van der Waals surface area contributed by atoms with Gasteiger partial charge in [-0.2, -0.15) is 0 Å². The van der Waals surface area contributed by atoms with Gasteiger partial charge in [-0.15, -0.1) is 0 Å². The third-order valence-electron chi connectivity index (χ3n) is 4.69. The molecule has 0 fully saturated rings. The van der Waals surface area contributed by atoms with E-state index in [-0.39, 0.29) is 5.56 Å². The number of para-hydroxylation sites is 2. The molecule has 0 aliphatic heterocycles. The van der Waals surface area contributed by atoms with Crippen LogP contribution in [0.1, 0.15) is 22.8 Å². The van der Waals surface area contributed by atoms with E-state index in [1.54, 1.807) is 16.8 Å². The fourth-order valence-electron chi connectivity index (χ4n) is 3.28. The number of hydrogen-bond acceptors (Lipinski definition) is 4. The summed E-state index contributed by atoms with van der Waals surface area (Å²) in [4.78, 5) is 17.1. The molecule has 0 radical (unpaired) electrons. The van der Waals surface area contributed by atoms with Gasteiger partial charge < -0.3 is 14.4 Å². The molecule has 0 aliphatic rings. The maximum Gasteiger partial charge on any atom is 0.337 e. The Hall–Kier alpha value is -4.03. The zero-order valence-electron chi connectivity index (χ0n) is 17.0. The number of hydrogen-bond donors (Lipinski definition) is 2. The highest BCUT2D eigenvalue weighted by molar-refractivity contribution is 6.04. The van der Waals surface area contributed by atoms with Crippen molar-refractivity contribution in [3.8, 4) is 11.5 Å². The predicted octanol–water partition coefficient (Wildman–Crippen LogP) is 5.63. The molecule has 0 unspecified atom stereocenters. The number of aromatic carboxylic acids is 1. The van der Waals surface area contributed by atoms with Crippen molar-refractivity contribution in [2.24, 2.45) is 0 Å². The van der Waals surface area contributed by atoms with Gasteiger partial charge in [0.25, 0.3) is 0 Å². The Balaban J connectivity index is 1.75. The second-order valence-electron chi connectivity index (χ2n) is 6.79. The van der Waals surface area contributed by atoms with Gasteiger partial charge in [-0.25, -0.2) is 4.79 Å². The normalized spacial score (nSPS) is 11.5. The van der Waals surface area contributed by atoms with E-state index in [2.05, 4.69) is 5.48 Å². The predicted molar refractivity (Wildman–Crippen MR) is 121 cm³/mol. The van der Waals surface area contributed by atoms with Gasteiger partial charge in [0.2, 0.25) is 0 Å². The number of carboxylic acid groups (broad SMARTS) is 1. The largest absolute Gasteiger partial charge is 0.478 e. The van der Waals surface area contributed by atoms with Crippen LogP contribution in [0.2, 0.25) is 0 Å². The first kappa shape index (κ1) is 20.3. The molecule has 4 rings (SSSR count). The SMILES string of the molecule is CCONC(=Cn1cc(C(=O)O)c2ccccc21)c1cccc(Oc2ccccc2)c1. The van der Waals surface area contributed by atoms with Crippen molar-refractivity contribution in [2.75, 3.05) is 6.61 Å². The Morgan fingerprint density at radius 2 is 1.74 bits per heavy atom. The van der Waals surface area contributed by atoms with Crippen LogP contribution in [0.25, 0.3) is 22.8 Å². The first-order valence-electron chi connectivity index (χ1n) is 9.91. The van der Waals surface area contributed by atoms with Gasteiger partial charge in [-0.3, -0.25) is 10.3 Å². The summed E-state index contributed by atoms with van der Waals surface area (Å²) in [6.45, 7) is 2.34. The number of carboxylic acids is 1. The molecular formula is C25H22N2O4. The number of fused-ring (bicyclic) bond motifs is 1. The first-order chi connectivity index (χ1) is 15.2. The van der Waals surface area contributed by atoms with Crippen LogP contribution in [0.5, 0.6) is 11.5 Å². The average Bonchev–Trinajstić information content (AvgIpc) is 3.16. The van der Waals surface area contributed by atoms with Crippen LogP contribution < -0.4 is 10.2 Å². The molecule has 2 N–H and O–H groups in total. The van der Waals surface area contributed by atoms with E-state index in [1.807, 2.05) is 85.9 Å². The Bertz CT molecular complexity index is 1230. The standard InChI is InChI=1S/C25H22N2O4/c1-2-30-26-23(17-27-16-22(25(28)29)21-13-6-7-14-24(21)27)18-9-8-12-20(15-18)31-19-10-4-3-5-11-19/h3-17,26H,2H2,1H3,(H,28,29). The molecule has 6 nitrogen and oxygen atoms in total. The second-order valence-corrected chi connectivity index (χ2v) is 6.79. The molecule has 1 aromatic heterocycles. The topological polar surface area (TPSA) is 72.7 Å². The molecule has 6 heteroatoms. The summed E-state index contributed by atoms with van der Waals surface area (Å²) in [5.41, 5.74) is 5.48. The molecule has 0 saturated carbocycles. The highest BCUT2D eigenvalue weighted by Crippen LogP contribution is 2.27. The minimum atomic E-state index is -0.971. The third kappa shape index (κ3) is 4.60. The van der Waals surface area contributed by atoms with E-state index < -0.39 is 5.97 Å². The fourth-order valence-corrected chi connectivity index (χ4v) is 3.28. The zero-order chi connectivity index (χ0) is 21.6. The highest BCUT2D eigenvalue weighted by Gasteiger charge is 2.14. The van der Waals surface area contributed by atoms with E-state index in [4.69, 9.17) is 9.57 Å². The lowest BCUT2D eigenvalue weighted by Crippen LogP contribution is -2.13. The summed E-state index contributed by atoms with van der Waals surface area (Å²) in [5.74, 6) is 0.447. The van der Waals surface area contributed by atoms with Crippen molar-refractivity contribution in [2.45, 2.75) is 6.92 Å². The highest BCUT2D eigenvalue weighted by atomic mass is 16.6. The van der Waals surface area contributed by atoms with Crippen LogP contribution in [0.3, 0.4) is 0 Å². The van der Waals surface area contributed by atoms with Gasteiger partial charge in [0.15, 0.2) is 0 Å². The molecule has 3 aromatic carbocycles. The molecule has 0 bridgehead atoms. The molecule has 0 amide bonds. The number of carbonyl (C=O) groups is 1. The lowest BCUT2D eigenvalue weighted by atomic mass is 10.1. The number of hydroxylamine groups is 1. The van der Waals surface area contributed by atoms with Gasteiger partial charge in [0.05, 0.1) is 23.4 Å². The Morgan fingerprint density at radius 3 is 2.52 bits per heavy atom. The zero-order valence-corrected chi connectivity index (χ0v) is 17.0. The molecule has 4 aromatic rings. The smallest absolute Gasteiger partial charge is 0.337 e. The number of nitrogens with zero attached hydrogens (tertiary/aromatic N) is 1. The molecule has 156 valence electrons. The Labute approximate surface area is 179 Å². The number of rotatable bonds is 8. The maximum absolute atomic E-state index is 11.7. The second kappa shape index (κ2) is 9.19. The summed E-state index contributed by atoms with van der Waals surface area (Å²) in [6.07, 6.45) is 3.41. The Morgan fingerprint density at radius 1 is 1.00 bits per heavy atom. The van der Waals surface area contributed by atoms with Crippen LogP contribution >= 0.6 is 0 Å². The third-order valence-corrected chi connectivity index (χ3v) is 4.69. The van der Waals surface area contributed by atoms with Crippen molar-refractivity contribution < 1.29 is 19.5 Å². The summed E-state index contributed by atoms with van der Waals surface area (Å²) < 4.78 is 7.73. The molecule has 1 heterocycles. The number of ether oxygens (including phenoxy) is 1. The number of nitrogens with one attached hydrogen (secondary N) is 1. The van der Waals surface area contributed by atoms with Gasteiger partial charge in [0, 0.05) is 23.3 Å². The number of benzene rings is 3. The van der Waals surface area contributed by atoms with Crippen molar-refractivity contribution in [3.63, 3.8) is 0 Å². The molecule has 0 saturated heterocycles. The van der Waals surface area contributed by atoms with Crippen LogP contribution in [-0.4, -0.2) is 22.2 Å². The van der Waals surface area contributed by atoms with E-state index >= 15 is 0 Å². The average molecular weight is 414 g/mol. The minimum Gasteiger partial charge on any atom is -0.478 e. The summed E-state index contributed by atoms with van der Waals surface area (Å²) in [6, 6.07) is 24.5. The van der Waals surface area contributed by atoms with Crippen LogP contribution in [-0.2, 0) is 4.84 Å². The quantitative estimate of drug-likeness (QED) is 0.366. The van der Waals surface area contributed by atoms with E-state index in [9.17, 15) is 9.90 Å². The van der Waals surface area contributed by atoms with E-state index in [0.717, 1.165) is 16.8 Å². The van der Waals surface area contributed by atoms with Crippen molar-refractivity contribution >= 4 is 28.8 Å². The molecule has 0 spiro atoms. The monoisotopic (exact) mass is 414 g/mol. The van der Waals surface area contributed by atoms with Gasteiger partial charge in [0.1, 0.15) is 11.5 Å². The molecule has 31 heavy (non-hydrogen) atoms. The number of aromatic nitrogens is 1. The lowest BCUT2D eigenvalue weighted by Gasteiger charge is -2.13. The van der Waals surface area contributed by atoms with Crippen LogP contribution in [0.4, 0.5) is 0 Å². The van der Waals surface area contributed by atoms with Crippen molar-refractivity contribution in [3.05, 3.63) is 96.2 Å². The summed E-state index contributed by atoms with van der Waals surface area (Å²) in [7, 11) is 0. The van der Waals surface area contributed by atoms with Crippen LogP contribution in [0.15, 0.2) is 85.1 Å². The lowest BCUT2D eigenvalue weighted by molar-refractivity contribution is 0.0699. The first-order valence-corrected chi connectivity index (χ1v) is 9.91. The Kier molecular flexibility index (Phi) is 6.01. The van der Waals surface area contributed by atoms with E-state index in [1.165, 1.54) is 0 Å². The van der Waals surface area contributed by atoms with E-state index in [0.29, 0.717) is 23.4 Å². The van der Waals surface area contributed by atoms with Crippen molar-refractivity contribution in [1.82, 2.24) is 10.0 Å². The summed E-state index contributed by atoms with van der Waals surface area (Å²) >= 11 is 0. The molecular weight excluding hydrogens is 392 g/mol. The molecule has 0 atom stereocenters. The van der Waals surface area contributed by atoms with Gasteiger partial charge in [-0.05, 0) is 37.3 Å². The van der Waals surface area contributed by atoms with Crippen LogP contribution in [0, 0.1) is 0 Å². The fraction of sp³-hybridized carbons (Fsp3) is 0.0800. The van der Waals surface area contributed by atoms with Gasteiger partial charge >= 0.3 is 5.97 Å².